The van der Waals surface area contributed by atoms with Gasteiger partial charge in [0, 0.05) is 23.2 Å². The summed E-state index contributed by atoms with van der Waals surface area (Å²) in [5.74, 6) is 1.32. The van der Waals surface area contributed by atoms with Crippen molar-refractivity contribution in [1.29, 1.82) is 0 Å². The Balaban J connectivity index is 2.92. The Labute approximate surface area is 123 Å². The van der Waals surface area contributed by atoms with E-state index in [0.717, 1.165) is 5.69 Å². The van der Waals surface area contributed by atoms with E-state index in [1.807, 2.05) is 20.8 Å². The van der Waals surface area contributed by atoms with Crippen molar-refractivity contribution in [2.75, 3.05) is 21.3 Å². The van der Waals surface area contributed by atoms with Crippen LogP contribution < -0.4 is 19.6 Å². The lowest BCUT2D eigenvalue weighted by Gasteiger charge is -2.20. The number of aromatic nitrogens is 1. The molecule has 0 aliphatic rings. The average molecular weight is 291 g/mol. The monoisotopic (exact) mass is 291 g/mol. The van der Waals surface area contributed by atoms with Crippen LogP contribution in [-0.4, -0.2) is 26.3 Å². The predicted octanol–water partition coefficient (Wildman–Crippen LogP) is 2.85. The van der Waals surface area contributed by atoms with Gasteiger partial charge in [0.1, 0.15) is 0 Å². The molecule has 1 N–H and O–H groups in total. The number of hydrogen-bond donors (Lipinski definition) is 1. The molecule has 2 aromatic rings. The largest absolute Gasteiger partial charge is 0.493 e. The number of ether oxygens (including phenoxy) is 3. The minimum Gasteiger partial charge on any atom is -0.493 e. The average Bonchev–Trinajstić information content (AvgIpc) is 2.43. The Bertz CT molecular complexity index is 726. The summed E-state index contributed by atoms with van der Waals surface area (Å²) in [4.78, 5) is 15.8. The molecule has 0 aliphatic heterocycles. The van der Waals surface area contributed by atoms with Crippen molar-refractivity contribution in [2.45, 2.75) is 26.2 Å². The van der Waals surface area contributed by atoms with E-state index in [-0.39, 0.29) is 10.8 Å². The Morgan fingerprint density at radius 2 is 1.57 bits per heavy atom. The van der Waals surface area contributed by atoms with Crippen molar-refractivity contribution >= 4 is 10.9 Å². The maximum atomic E-state index is 12.5. The van der Waals surface area contributed by atoms with Gasteiger partial charge in [0.2, 0.25) is 5.75 Å². The van der Waals surface area contributed by atoms with Crippen molar-refractivity contribution in [3.63, 3.8) is 0 Å². The number of methoxy groups -OCH3 is 3. The number of nitrogens with one attached hydrogen (secondary N) is 1. The third kappa shape index (κ3) is 2.55. The first-order chi connectivity index (χ1) is 9.83. The first-order valence-corrected chi connectivity index (χ1v) is 6.70. The van der Waals surface area contributed by atoms with Crippen LogP contribution in [0.15, 0.2) is 16.9 Å². The third-order valence-electron chi connectivity index (χ3n) is 3.43. The number of benzene rings is 1. The van der Waals surface area contributed by atoms with Crippen LogP contribution in [0.3, 0.4) is 0 Å². The minimum absolute atomic E-state index is 0.105. The zero-order valence-corrected chi connectivity index (χ0v) is 13.3. The molecule has 0 spiro atoms. The number of H-pyrrole nitrogens is 1. The van der Waals surface area contributed by atoms with Crippen LogP contribution in [0.1, 0.15) is 26.5 Å². The predicted molar refractivity (Wildman–Crippen MR) is 82.9 cm³/mol. The summed E-state index contributed by atoms with van der Waals surface area (Å²) < 4.78 is 16.0. The van der Waals surface area contributed by atoms with Gasteiger partial charge in [-0.2, -0.15) is 0 Å². The van der Waals surface area contributed by atoms with Gasteiger partial charge < -0.3 is 19.2 Å². The van der Waals surface area contributed by atoms with E-state index in [1.165, 1.54) is 14.2 Å². The topological polar surface area (TPSA) is 60.6 Å². The van der Waals surface area contributed by atoms with Crippen molar-refractivity contribution in [1.82, 2.24) is 4.98 Å². The molecular formula is C16H21NO4. The summed E-state index contributed by atoms with van der Waals surface area (Å²) in [6.45, 7) is 6.13. The highest BCUT2D eigenvalue weighted by atomic mass is 16.5. The van der Waals surface area contributed by atoms with E-state index in [4.69, 9.17) is 14.2 Å². The second-order valence-corrected chi connectivity index (χ2v) is 5.87. The summed E-state index contributed by atoms with van der Waals surface area (Å²) in [5, 5.41) is 0.461. The lowest BCUT2D eigenvalue weighted by Crippen LogP contribution is -2.18. The van der Waals surface area contributed by atoms with Gasteiger partial charge in [-0.3, -0.25) is 4.79 Å². The van der Waals surface area contributed by atoms with Gasteiger partial charge in [-0.15, -0.1) is 0 Å². The lowest BCUT2D eigenvalue weighted by atomic mass is 9.91. The molecule has 5 heteroatoms. The van der Waals surface area contributed by atoms with Gasteiger partial charge in [0.15, 0.2) is 16.9 Å². The maximum Gasteiger partial charge on any atom is 0.204 e. The van der Waals surface area contributed by atoms with E-state index < -0.39 is 0 Å². The first-order valence-electron chi connectivity index (χ1n) is 6.70. The SMILES string of the molecule is COc1cc2[nH]c(C(C)(C)C)cc(=O)c2c(OC)c1OC. The molecule has 1 aromatic carbocycles. The molecule has 0 fully saturated rings. The van der Waals surface area contributed by atoms with E-state index in [2.05, 4.69) is 4.98 Å². The Hall–Kier alpha value is -2.17. The molecule has 0 saturated heterocycles. The van der Waals surface area contributed by atoms with Crippen LogP contribution >= 0.6 is 0 Å². The minimum atomic E-state index is -0.159. The smallest absolute Gasteiger partial charge is 0.204 e. The molecular weight excluding hydrogens is 270 g/mol. The highest BCUT2D eigenvalue weighted by molar-refractivity contribution is 5.90. The molecule has 1 heterocycles. The van der Waals surface area contributed by atoms with E-state index >= 15 is 0 Å². The van der Waals surface area contributed by atoms with Crippen molar-refractivity contribution < 1.29 is 14.2 Å². The van der Waals surface area contributed by atoms with Gasteiger partial charge >= 0.3 is 0 Å². The molecule has 0 aliphatic carbocycles. The van der Waals surface area contributed by atoms with Crippen molar-refractivity contribution in [3.05, 3.63) is 28.0 Å². The molecule has 0 unspecified atom stereocenters. The third-order valence-corrected chi connectivity index (χ3v) is 3.43. The van der Waals surface area contributed by atoms with Crippen LogP contribution in [0.5, 0.6) is 17.2 Å². The van der Waals surface area contributed by atoms with Crippen LogP contribution in [0.4, 0.5) is 0 Å². The second kappa shape index (κ2) is 5.31. The number of fused-ring (bicyclic) bond motifs is 1. The van der Waals surface area contributed by atoms with Gasteiger partial charge in [0.05, 0.1) is 32.2 Å². The summed E-state index contributed by atoms with van der Waals surface area (Å²) >= 11 is 0. The number of hydrogen-bond acceptors (Lipinski definition) is 4. The van der Waals surface area contributed by atoms with Gasteiger partial charge in [-0.05, 0) is 0 Å². The molecule has 2 rings (SSSR count). The molecule has 0 radical (unpaired) electrons. The normalized spacial score (nSPS) is 11.5. The van der Waals surface area contributed by atoms with Gasteiger partial charge in [0.25, 0.3) is 0 Å². The molecule has 21 heavy (non-hydrogen) atoms. The quantitative estimate of drug-likeness (QED) is 0.944. The fraction of sp³-hybridized carbons (Fsp3) is 0.438. The van der Waals surface area contributed by atoms with Crippen LogP contribution in [0.2, 0.25) is 0 Å². The number of aromatic amines is 1. The molecule has 5 nitrogen and oxygen atoms in total. The molecule has 0 amide bonds. The number of rotatable bonds is 3. The van der Waals surface area contributed by atoms with Crippen LogP contribution in [0, 0.1) is 0 Å². The van der Waals surface area contributed by atoms with Gasteiger partial charge in [-0.1, -0.05) is 20.8 Å². The summed E-state index contributed by atoms with van der Waals surface area (Å²) in [5.41, 5.74) is 1.26. The summed E-state index contributed by atoms with van der Waals surface area (Å²) in [6, 6.07) is 3.37. The van der Waals surface area contributed by atoms with E-state index in [1.54, 1.807) is 19.2 Å². The molecule has 0 saturated carbocycles. The highest BCUT2D eigenvalue weighted by Crippen LogP contribution is 2.41. The van der Waals surface area contributed by atoms with Crippen molar-refractivity contribution in [3.8, 4) is 17.2 Å². The van der Waals surface area contributed by atoms with Crippen LogP contribution in [-0.2, 0) is 5.41 Å². The van der Waals surface area contributed by atoms with Gasteiger partial charge in [-0.25, -0.2) is 0 Å². The van der Waals surface area contributed by atoms with E-state index in [0.29, 0.717) is 28.2 Å². The lowest BCUT2D eigenvalue weighted by molar-refractivity contribution is 0.327. The summed E-state index contributed by atoms with van der Waals surface area (Å²) in [6.07, 6.45) is 0. The Kier molecular flexibility index (Phi) is 3.85. The zero-order valence-electron chi connectivity index (χ0n) is 13.3. The molecule has 0 atom stereocenters. The molecule has 1 aromatic heterocycles. The fourth-order valence-corrected chi connectivity index (χ4v) is 2.29. The maximum absolute atomic E-state index is 12.5. The first kappa shape index (κ1) is 15.2. The zero-order chi connectivity index (χ0) is 15.8. The molecule has 114 valence electrons. The number of pyridine rings is 1. The Morgan fingerprint density at radius 1 is 0.952 bits per heavy atom. The highest BCUT2D eigenvalue weighted by Gasteiger charge is 2.22. The molecule has 0 bridgehead atoms. The van der Waals surface area contributed by atoms with Crippen LogP contribution in [0.25, 0.3) is 10.9 Å². The Morgan fingerprint density at radius 3 is 2.05 bits per heavy atom. The van der Waals surface area contributed by atoms with E-state index in [9.17, 15) is 4.79 Å². The second-order valence-electron chi connectivity index (χ2n) is 5.87. The fourth-order valence-electron chi connectivity index (χ4n) is 2.29. The summed E-state index contributed by atoms with van der Waals surface area (Å²) in [7, 11) is 4.58. The van der Waals surface area contributed by atoms with Crippen molar-refractivity contribution in [2.24, 2.45) is 0 Å². The standard InChI is InChI=1S/C16H21NO4/c1-16(2,3)12-8-10(18)13-9(17-12)7-11(19-4)14(20-5)15(13)21-6/h7-8H,1-6H3,(H,17,18).